The molecule has 0 unspecified atom stereocenters. The van der Waals surface area contributed by atoms with Crippen molar-refractivity contribution >= 4 is 28.8 Å². The van der Waals surface area contributed by atoms with Gasteiger partial charge in [0.05, 0.1) is 12.1 Å². The molecule has 8 nitrogen and oxygen atoms in total. The van der Waals surface area contributed by atoms with E-state index in [-0.39, 0.29) is 36.3 Å². The quantitative estimate of drug-likeness (QED) is 0.0912. The summed E-state index contributed by atoms with van der Waals surface area (Å²) in [4.78, 5) is 44.8. The van der Waals surface area contributed by atoms with Gasteiger partial charge in [-0.3, -0.25) is 14.4 Å². The van der Waals surface area contributed by atoms with E-state index in [2.05, 4.69) is 4.90 Å². The van der Waals surface area contributed by atoms with Crippen molar-refractivity contribution in [3.8, 4) is 0 Å². The molecule has 3 aromatic carbocycles. The summed E-state index contributed by atoms with van der Waals surface area (Å²) in [5.41, 5.74) is 0.593. The van der Waals surface area contributed by atoms with Gasteiger partial charge in [0.15, 0.2) is 11.6 Å². The smallest absolute Gasteiger partial charge is 0.294 e. The fourth-order valence-electron chi connectivity index (χ4n) is 5.41. The average molecular weight is 649 g/mol. The van der Waals surface area contributed by atoms with Gasteiger partial charge in [0.1, 0.15) is 17.4 Å². The minimum atomic E-state index is -1.41. The van der Waals surface area contributed by atoms with Crippen LogP contribution in [0.4, 0.5) is 28.9 Å². The Bertz CT molecular complexity index is 1900. The molecule has 1 amide bonds. The van der Waals surface area contributed by atoms with Crippen molar-refractivity contribution in [2.45, 2.75) is 13.0 Å². The lowest BCUT2D eigenvalue weighted by molar-refractivity contribution is -0.142. The monoisotopic (exact) mass is 648 g/mol. The molecule has 5 rings (SSSR count). The Hall–Kier alpha value is -5.39. The van der Waals surface area contributed by atoms with Gasteiger partial charge in [-0.05, 0) is 53.6 Å². The summed E-state index contributed by atoms with van der Waals surface area (Å²) < 4.78 is 57.8. The second-order valence-corrected chi connectivity index (χ2v) is 11.4. The summed E-state index contributed by atoms with van der Waals surface area (Å²) in [7, 11) is 3.88. The summed E-state index contributed by atoms with van der Waals surface area (Å²) in [6, 6.07) is 15.9. The average Bonchev–Trinajstić information content (AvgIpc) is 3.05. The highest BCUT2D eigenvalue weighted by Gasteiger charge is 2.26. The van der Waals surface area contributed by atoms with E-state index in [0.717, 1.165) is 28.1 Å². The number of carbonyl (C=O) groups is 2. The molecule has 2 heterocycles. The third-order valence-corrected chi connectivity index (χ3v) is 7.96. The first kappa shape index (κ1) is 33.0. The van der Waals surface area contributed by atoms with E-state index in [4.69, 9.17) is 0 Å². The number of aliphatic hydroxyl groups is 1. The number of carbonyl (C=O) groups excluding carboxylic acids is 2. The predicted molar refractivity (Wildman–Crippen MR) is 171 cm³/mol. The summed E-state index contributed by atoms with van der Waals surface area (Å²) in [6.07, 6.45) is 1.47. The van der Waals surface area contributed by atoms with E-state index in [1.54, 1.807) is 6.07 Å². The Morgan fingerprint density at radius 1 is 0.872 bits per heavy atom. The van der Waals surface area contributed by atoms with E-state index < -0.39 is 58.3 Å². The number of anilines is 2. The zero-order chi connectivity index (χ0) is 33.8. The van der Waals surface area contributed by atoms with Gasteiger partial charge >= 0.3 is 0 Å². The number of rotatable bonds is 9. The SMILES string of the molecule is CN(C)c1ccc(N2CCN(C(=O)C(=O)C=C(O)c3cc(Cc4cc(F)cc(F)c4F)cn(Cc4ccccc4F)c3=O)CC2)cc1. The largest absolute Gasteiger partial charge is 0.507 e. The maximum atomic E-state index is 14.5. The lowest BCUT2D eigenvalue weighted by Crippen LogP contribution is -2.50. The third kappa shape index (κ3) is 7.54. The molecule has 244 valence electrons. The Morgan fingerprint density at radius 2 is 1.55 bits per heavy atom. The highest BCUT2D eigenvalue weighted by atomic mass is 19.2. The Balaban J connectivity index is 1.38. The van der Waals surface area contributed by atoms with Gasteiger partial charge in [0.2, 0.25) is 5.78 Å². The Kier molecular flexibility index (Phi) is 9.78. The first-order chi connectivity index (χ1) is 22.4. The van der Waals surface area contributed by atoms with Crippen molar-refractivity contribution in [3.05, 3.63) is 135 Å². The number of hydrogen-bond donors (Lipinski definition) is 1. The molecule has 0 spiro atoms. The van der Waals surface area contributed by atoms with Gasteiger partial charge in [-0.25, -0.2) is 17.6 Å². The molecule has 4 aromatic rings. The molecule has 1 saturated heterocycles. The lowest BCUT2D eigenvalue weighted by Gasteiger charge is -2.35. The van der Waals surface area contributed by atoms with E-state index in [0.29, 0.717) is 25.2 Å². The minimum absolute atomic E-state index is 0.114. The van der Waals surface area contributed by atoms with Crippen LogP contribution >= 0.6 is 0 Å². The number of amides is 1. The van der Waals surface area contributed by atoms with Crippen molar-refractivity contribution in [1.82, 2.24) is 9.47 Å². The van der Waals surface area contributed by atoms with Crippen molar-refractivity contribution in [3.63, 3.8) is 0 Å². The summed E-state index contributed by atoms with van der Waals surface area (Å²) >= 11 is 0. The van der Waals surface area contributed by atoms with Crippen LogP contribution in [-0.4, -0.2) is 66.5 Å². The summed E-state index contributed by atoms with van der Waals surface area (Å²) in [5, 5.41) is 10.9. The Labute approximate surface area is 268 Å². The number of piperazine rings is 1. The molecular weight excluding hydrogens is 616 g/mol. The molecule has 1 fully saturated rings. The first-order valence-corrected chi connectivity index (χ1v) is 14.8. The topological polar surface area (TPSA) is 86.1 Å². The summed E-state index contributed by atoms with van der Waals surface area (Å²) in [6.45, 7) is 1.12. The number of aromatic nitrogens is 1. The van der Waals surface area contributed by atoms with Crippen LogP contribution < -0.4 is 15.4 Å². The highest BCUT2D eigenvalue weighted by Crippen LogP contribution is 2.22. The second kappa shape index (κ2) is 13.9. The van der Waals surface area contributed by atoms with Crippen LogP contribution in [0.1, 0.15) is 22.3 Å². The number of hydrogen-bond acceptors (Lipinski definition) is 6. The van der Waals surface area contributed by atoms with Gasteiger partial charge in [-0.1, -0.05) is 18.2 Å². The molecule has 0 aliphatic carbocycles. The van der Waals surface area contributed by atoms with Crippen LogP contribution in [0.5, 0.6) is 0 Å². The normalized spacial score (nSPS) is 13.5. The molecule has 1 aliphatic heterocycles. The van der Waals surface area contributed by atoms with Gasteiger partial charge in [-0.2, -0.15) is 0 Å². The molecule has 47 heavy (non-hydrogen) atoms. The molecule has 1 aliphatic rings. The standard InChI is InChI=1S/C35H32F4N4O4/c1-40(2)26-7-9-27(10-8-26)41-11-13-42(14-12-41)35(47)32(45)19-31(44)28-16-22(15-24-17-25(36)18-30(38)33(24)39)20-43(34(28)46)21-23-5-3-4-6-29(23)37/h3-10,16-20,44H,11-15,21H2,1-2H3. The van der Waals surface area contributed by atoms with E-state index in [1.165, 1.54) is 29.3 Å². The van der Waals surface area contributed by atoms with Crippen LogP contribution in [0.15, 0.2) is 83.8 Å². The van der Waals surface area contributed by atoms with Crippen molar-refractivity contribution < 1.29 is 32.3 Å². The minimum Gasteiger partial charge on any atom is -0.507 e. The van der Waals surface area contributed by atoms with Crippen LogP contribution in [0.3, 0.4) is 0 Å². The maximum absolute atomic E-state index is 14.5. The van der Waals surface area contributed by atoms with Gasteiger partial charge in [0.25, 0.3) is 11.5 Å². The number of halogens is 4. The van der Waals surface area contributed by atoms with Crippen LogP contribution in [0.25, 0.3) is 5.76 Å². The summed E-state index contributed by atoms with van der Waals surface area (Å²) in [5.74, 6) is -7.14. The van der Waals surface area contributed by atoms with Crippen molar-refractivity contribution in [2.75, 3.05) is 50.1 Å². The zero-order valence-electron chi connectivity index (χ0n) is 25.7. The molecule has 12 heteroatoms. The highest BCUT2D eigenvalue weighted by molar-refractivity contribution is 6.41. The van der Waals surface area contributed by atoms with Crippen LogP contribution in [-0.2, 0) is 22.6 Å². The van der Waals surface area contributed by atoms with Crippen molar-refractivity contribution in [1.29, 1.82) is 0 Å². The van der Waals surface area contributed by atoms with E-state index >= 15 is 0 Å². The van der Waals surface area contributed by atoms with Crippen molar-refractivity contribution in [2.24, 2.45) is 0 Å². The van der Waals surface area contributed by atoms with Gasteiger partial charge in [-0.15, -0.1) is 0 Å². The molecule has 0 radical (unpaired) electrons. The first-order valence-electron chi connectivity index (χ1n) is 14.8. The number of nitrogens with zero attached hydrogens (tertiary/aromatic N) is 4. The molecular formula is C35H32F4N4O4. The fraction of sp³-hybridized carbons (Fsp3) is 0.229. The Morgan fingerprint density at radius 3 is 2.21 bits per heavy atom. The molecule has 1 N–H and O–H groups in total. The lowest BCUT2D eigenvalue weighted by atomic mass is 10.0. The third-order valence-electron chi connectivity index (χ3n) is 7.96. The molecule has 0 saturated carbocycles. The van der Waals surface area contributed by atoms with Crippen LogP contribution in [0, 0.1) is 23.3 Å². The fourth-order valence-corrected chi connectivity index (χ4v) is 5.41. The van der Waals surface area contributed by atoms with Gasteiger partial charge < -0.3 is 24.4 Å². The number of aliphatic hydroxyl groups excluding tert-OH is 1. The molecule has 0 atom stereocenters. The van der Waals surface area contributed by atoms with E-state index in [9.17, 15) is 37.1 Å². The molecule has 0 bridgehead atoms. The maximum Gasteiger partial charge on any atom is 0.294 e. The molecule has 1 aromatic heterocycles. The van der Waals surface area contributed by atoms with Crippen LogP contribution in [0.2, 0.25) is 0 Å². The second-order valence-electron chi connectivity index (χ2n) is 11.4. The van der Waals surface area contributed by atoms with E-state index in [1.807, 2.05) is 43.3 Å². The number of ketones is 1. The number of pyridine rings is 1. The van der Waals surface area contributed by atoms with Gasteiger partial charge in [0, 0.05) is 82.0 Å². The number of benzene rings is 3. The zero-order valence-corrected chi connectivity index (χ0v) is 25.7. The predicted octanol–water partition coefficient (Wildman–Crippen LogP) is 4.93.